The van der Waals surface area contributed by atoms with Crippen LogP contribution in [0.15, 0.2) is 24.3 Å². The van der Waals surface area contributed by atoms with E-state index in [0.717, 1.165) is 18.2 Å². The van der Waals surface area contributed by atoms with E-state index in [2.05, 4.69) is 12.2 Å². The van der Waals surface area contributed by atoms with Crippen LogP contribution in [0.1, 0.15) is 26.2 Å². The minimum absolute atomic E-state index is 0.148. The number of nitro groups is 1. The van der Waals surface area contributed by atoms with Gasteiger partial charge in [-0.15, -0.1) is 0 Å². The van der Waals surface area contributed by atoms with Gasteiger partial charge < -0.3 is 5.32 Å². The summed E-state index contributed by atoms with van der Waals surface area (Å²) in [5, 5.41) is 14.0. The Morgan fingerprint density at radius 1 is 1.47 bits per heavy atom. The van der Waals surface area contributed by atoms with Gasteiger partial charge in [0.15, 0.2) is 0 Å². The first-order valence-corrected chi connectivity index (χ1v) is 6.15. The van der Waals surface area contributed by atoms with Crippen molar-refractivity contribution >= 4 is 11.4 Å². The van der Waals surface area contributed by atoms with E-state index >= 15 is 0 Å². The third-order valence-corrected chi connectivity index (χ3v) is 3.66. The van der Waals surface area contributed by atoms with Crippen LogP contribution in [-0.2, 0) is 0 Å². The van der Waals surface area contributed by atoms with Gasteiger partial charge in [0.1, 0.15) is 0 Å². The van der Waals surface area contributed by atoms with Crippen molar-refractivity contribution in [3.05, 3.63) is 34.4 Å². The zero-order valence-corrected chi connectivity index (χ0v) is 10.1. The molecule has 4 heteroatoms. The molecular weight excluding hydrogens is 216 g/mol. The molecule has 0 heterocycles. The maximum Gasteiger partial charge on any atom is 0.271 e. The van der Waals surface area contributed by atoms with Crippen molar-refractivity contribution < 1.29 is 4.92 Å². The normalized spacial score (nSPS) is 23.6. The Balaban J connectivity index is 1.94. The smallest absolute Gasteiger partial charge is 0.271 e. The molecule has 17 heavy (non-hydrogen) atoms. The van der Waals surface area contributed by atoms with E-state index in [1.54, 1.807) is 12.1 Å². The third-order valence-electron chi connectivity index (χ3n) is 3.66. The zero-order chi connectivity index (χ0) is 12.3. The van der Waals surface area contributed by atoms with Crippen LogP contribution in [0.4, 0.5) is 11.4 Å². The van der Waals surface area contributed by atoms with Crippen molar-refractivity contribution in [2.75, 3.05) is 11.9 Å². The van der Waals surface area contributed by atoms with Gasteiger partial charge in [0, 0.05) is 24.4 Å². The SMILES string of the molecule is CC1CCCC1CNc1cccc([N+](=O)[O-])c1. The summed E-state index contributed by atoms with van der Waals surface area (Å²) < 4.78 is 0. The lowest BCUT2D eigenvalue weighted by Crippen LogP contribution is -2.16. The van der Waals surface area contributed by atoms with Crippen LogP contribution in [0, 0.1) is 22.0 Å². The van der Waals surface area contributed by atoms with Crippen molar-refractivity contribution in [1.82, 2.24) is 0 Å². The van der Waals surface area contributed by atoms with Gasteiger partial charge in [-0.05, 0) is 24.3 Å². The summed E-state index contributed by atoms with van der Waals surface area (Å²) in [6.07, 6.45) is 3.88. The summed E-state index contributed by atoms with van der Waals surface area (Å²) in [4.78, 5) is 10.3. The number of nitrogens with zero attached hydrogens (tertiary/aromatic N) is 1. The van der Waals surface area contributed by atoms with Gasteiger partial charge in [-0.2, -0.15) is 0 Å². The molecule has 0 saturated heterocycles. The number of hydrogen-bond acceptors (Lipinski definition) is 3. The van der Waals surface area contributed by atoms with Crippen LogP contribution in [0.2, 0.25) is 0 Å². The average Bonchev–Trinajstić information content (AvgIpc) is 2.72. The fraction of sp³-hybridized carbons (Fsp3) is 0.538. The summed E-state index contributed by atoms with van der Waals surface area (Å²) in [5.74, 6) is 1.47. The van der Waals surface area contributed by atoms with Crippen LogP contribution in [0.3, 0.4) is 0 Å². The highest BCUT2D eigenvalue weighted by Crippen LogP contribution is 2.31. The lowest BCUT2D eigenvalue weighted by Gasteiger charge is -2.16. The molecule has 0 amide bonds. The quantitative estimate of drug-likeness (QED) is 0.641. The molecule has 1 aliphatic carbocycles. The molecule has 1 fully saturated rings. The average molecular weight is 234 g/mol. The van der Waals surface area contributed by atoms with Crippen molar-refractivity contribution in [2.24, 2.45) is 11.8 Å². The highest BCUT2D eigenvalue weighted by Gasteiger charge is 2.22. The minimum Gasteiger partial charge on any atom is -0.385 e. The summed E-state index contributed by atoms with van der Waals surface area (Å²) in [5.41, 5.74) is 0.993. The van der Waals surface area contributed by atoms with Crippen molar-refractivity contribution in [3.8, 4) is 0 Å². The topological polar surface area (TPSA) is 55.2 Å². The van der Waals surface area contributed by atoms with Crippen LogP contribution >= 0.6 is 0 Å². The molecule has 2 rings (SSSR count). The van der Waals surface area contributed by atoms with Gasteiger partial charge in [-0.1, -0.05) is 25.8 Å². The molecule has 0 aliphatic heterocycles. The second-order valence-corrected chi connectivity index (χ2v) is 4.86. The lowest BCUT2D eigenvalue weighted by molar-refractivity contribution is -0.384. The number of nitrogens with one attached hydrogen (secondary N) is 1. The zero-order valence-electron chi connectivity index (χ0n) is 10.1. The Morgan fingerprint density at radius 3 is 2.94 bits per heavy atom. The third kappa shape index (κ3) is 2.96. The minimum atomic E-state index is -0.358. The Labute approximate surface area is 101 Å². The van der Waals surface area contributed by atoms with E-state index in [1.165, 1.54) is 25.3 Å². The van der Waals surface area contributed by atoms with Crippen LogP contribution in [0.5, 0.6) is 0 Å². The molecule has 1 aromatic rings. The van der Waals surface area contributed by atoms with E-state index in [1.807, 2.05) is 6.07 Å². The monoisotopic (exact) mass is 234 g/mol. The maximum absolute atomic E-state index is 10.6. The number of nitro benzene ring substituents is 1. The van der Waals surface area contributed by atoms with Gasteiger partial charge >= 0.3 is 0 Å². The van der Waals surface area contributed by atoms with Gasteiger partial charge in [-0.3, -0.25) is 10.1 Å². The predicted molar refractivity (Wildman–Crippen MR) is 68.1 cm³/mol. The first-order valence-electron chi connectivity index (χ1n) is 6.15. The molecule has 2 unspecified atom stereocenters. The van der Waals surface area contributed by atoms with Gasteiger partial charge in [0.05, 0.1) is 4.92 Å². The van der Waals surface area contributed by atoms with E-state index < -0.39 is 0 Å². The summed E-state index contributed by atoms with van der Waals surface area (Å²) in [7, 11) is 0. The first kappa shape index (κ1) is 11.9. The Bertz CT molecular complexity index is 406. The Kier molecular flexibility index (Phi) is 3.61. The summed E-state index contributed by atoms with van der Waals surface area (Å²) in [6, 6.07) is 6.72. The van der Waals surface area contributed by atoms with E-state index in [0.29, 0.717) is 5.92 Å². The Hall–Kier alpha value is -1.58. The lowest BCUT2D eigenvalue weighted by atomic mass is 9.98. The largest absolute Gasteiger partial charge is 0.385 e. The predicted octanol–water partition coefficient (Wildman–Crippen LogP) is 3.44. The molecule has 2 atom stereocenters. The molecule has 0 bridgehead atoms. The second-order valence-electron chi connectivity index (χ2n) is 4.86. The molecule has 1 N–H and O–H groups in total. The van der Waals surface area contributed by atoms with Crippen LogP contribution in [-0.4, -0.2) is 11.5 Å². The van der Waals surface area contributed by atoms with Gasteiger partial charge in [-0.25, -0.2) is 0 Å². The van der Waals surface area contributed by atoms with E-state index in [9.17, 15) is 10.1 Å². The number of rotatable bonds is 4. The van der Waals surface area contributed by atoms with Crippen LogP contribution < -0.4 is 5.32 Å². The van der Waals surface area contributed by atoms with Crippen molar-refractivity contribution in [1.29, 1.82) is 0 Å². The van der Waals surface area contributed by atoms with Gasteiger partial charge in [0.25, 0.3) is 5.69 Å². The highest BCUT2D eigenvalue weighted by atomic mass is 16.6. The molecule has 1 aromatic carbocycles. The summed E-state index contributed by atoms with van der Waals surface area (Å²) in [6.45, 7) is 3.20. The highest BCUT2D eigenvalue weighted by molar-refractivity contribution is 5.50. The molecule has 0 radical (unpaired) electrons. The number of anilines is 1. The first-order chi connectivity index (χ1) is 8.16. The van der Waals surface area contributed by atoms with Crippen molar-refractivity contribution in [2.45, 2.75) is 26.2 Å². The van der Waals surface area contributed by atoms with E-state index in [-0.39, 0.29) is 10.6 Å². The molecule has 4 nitrogen and oxygen atoms in total. The van der Waals surface area contributed by atoms with E-state index in [4.69, 9.17) is 0 Å². The standard InChI is InChI=1S/C13H18N2O2/c1-10-4-2-5-11(10)9-14-12-6-3-7-13(8-12)15(16)17/h3,6-8,10-11,14H,2,4-5,9H2,1H3. The molecular formula is C13H18N2O2. The molecule has 0 spiro atoms. The van der Waals surface area contributed by atoms with Gasteiger partial charge in [0.2, 0.25) is 0 Å². The fourth-order valence-electron chi connectivity index (χ4n) is 2.50. The number of benzene rings is 1. The summed E-state index contributed by atoms with van der Waals surface area (Å²) >= 11 is 0. The molecule has 0 aromatic heterocycles. The number of non-ortho nitro benzene ring substituents is 1. The maximum atomic E-state index is 10.6. The number of hydrogen-bond donors (Lipinski definition) is 1. The fourth-order valence-corrected chi connectivity index (χ4v) is 2.50. The second kappa shape index (κ2) is 5.17. The molecule has 1 aliphatic rings. The Morgan fingerprint density at radius 2 is 2.29 bits per heavy atom. The molecule has 1 saturated carbocycles. The molecule has 92 valence electrons. The van der Waals surface area contributed by atoms with Crippen molar-refractivity contribution in [3.63, 3.8) is 0 Å². The van der Waals surface area contributed by atoms with Crippen LogP contribution in [0.25, 0.3) is 0 Å².